The Bertz CT molecular complexity index is 1300. The highest BCUT2D eigenvalue weighted by atomic mass is 16.5. The quantitative estimate of drug-likeness (QED) is 0.238. The molecule has 0 aromatic heterocycles. The second-order valence-electron chi connectivity index (χ2n) is 11.9. The average Bonchev–Trinajstić information content (AvgIpc) is 3.02. The van der Waals surface area contributed by atoms with Crippen molar-refractivity contribution in [2.24, 2.45) is 11.8 Å². The van der Waals surface area contributed by atoms with Crippen LogP contribution < -0.4 is 10.6 Å². The number of methoxy groups -OCH3 is 1. The molecule has 3 aliphatic rings. The van der Waals surface area contributed by atoms with E-state index in [1.165, 1.54) is 13.2 Å². The number of hydrogen-bond acceptors (Lipinski definition) is 8. The maximum atomic E-state index is 13.1. The number of allylic oxidation sites excluding steroid dienone is 8. The summed E-state index contributed by atoms with van der Waals surface area (Å²) in [7, 11) is 1.47. The lowest BCUT2D eigenvalue weighted by Crippen LogP contribution is -2.45. The van der Waals surface area contributed by atoms with E-state index >= 15 is 0 Å². The van der Waals surface area contributed by atoms with Crippen LogP contribution in [-0.4, -0.2) is 65.9 Å². The number of fused-ring (bicyclic) bond motifs is 2. The van der Waals surface area contributed by atoms with E-state index in [-0.39, 0.29) is 35.9 Å². The van der Waals surface area contributed by atoms with Crippen molar-refractivity contribution in [2.75, 3.05) is 7.11 Å². The van der Waals surface area contributed by atoms with Crippen LogP contribution in [0.5, 0.6) is 0 Å². The number of carbonyl (C=O) groups is 5. The summed E-state index contributed by atoms with van der Waals surface area (Å²) in [5, 5.41) is 16.6. The number of rotatable bonds is 5. The van der Waals surface area contributed by atoms with Gasteiger partial charge in [-0.25, -0.2) is 4.79 Å². The molecule has 0 aromatic carbocycles. The van der Waals surface area contributed by atoms with Gasteiger partial charge >= 0.3 is 5.97 Å². The molecule has 1 aliphatic heterocycles. The van der Waals surface area contributed by atoms with Gasteiger partial charge < -0.3 is 25.2 Å². The zero-order valence-corrected chi connectivity index (χ0v) is 26.6. The van der Waals surface area contributed by atoms with Crippen molar-refractivity contribution in [3.05, 3.63) is 71.5 Å². The first-order chi connectivity index (χ1) is 21.5. The lowest BCUT2D eigenvalue weighted by molar-refractivity contribution is -0.156. The van der Waals surface area contributed by atoms with E-state index in [9.17, 15) is 29.1 Å². The fourth-order valence-corrected chi connectivity index (χ4v) is 5.51. The van der Waals surface area contributed by atoms with Gasteiger partial charge in [-0.3, -0.25) is 19.2 Å². The molecule has 0 saturated heterocycles. The summed E-state index contributed by atoms with van der Waals surface area (Å²) in [6.07, 6.45) is 17.2. The summed E-state index contributed by atoms with van der Waals surface area (Å²) >= 11 is 0. The minimum atomic E-state index is -1.04. The molecular weight excluding hydrogens is 576 g/mol. The van der Waals surface area contributed by atoms with Gasteiger partial charge in [-0.15, -0.1) is 0 Å². The molecule has 3 N–H and O–H groups in total. The van der Waals surface area contributed by atoms with Gasteiger partial charge in [0.1, 0.15) is 12.1 Å². The summed E-state index contributed by atoms with van der Waals surface area (Å²) in [6, 6.07) is -0.853. The number of nitrogens with one attached hydrogen (secondary N) is 2. The highest BCUT2D eigenvalue weighted by Crippen LogP contribution is 2.25. The Hall–Kier alpha value is -3.89. The van der Waals surface area contributed by atoms with Crippen LogP contribution >= 0.6 is 0 Å². The molecule has 5 atom stereocenters. The van der Waals surface area contributed by atoms with E-state index in [4.69, 9.17) is 9.47 Å². The predicted molar refractivity (Wildman–Crippen MR) is 169 cm³/mol. The lowest BCUT2D eigenvalue weighted by atomic mass is 9.88. The van der Waals surface area contributed by atoms with Gasteiger partial charge in [0, 0.05) is 37.0 Å². The Labute approximate surface area is 265 Å². The van der Waals surface area contributed by atoms with Crippen molar-refractivity contribution in [2.45, 2.75) is 96.5 Å². The molecule has 0 radical (unpaired) electrons. The maximum absolute atomic E-state index is 13.1. The first kappa shape index (κ1) is 35.6. The molecule has 0 unspecified atom stereocenters. The zero-order chi connectivity index (χ0) is 32.9. The summed E-state index contributed by atoms with van der Waals surface area (Å²) in [5.41, 5.74) is 0.584. The van der Waals surface area contributed by atoms with E-state index in [0.29, 0.717) is 12.0 Å². The molecule has 1 saturated carbocycles. The van der Waals surface area contributed by atoms with Crippen molar-refractivity contribution in [1.29, 1.82) is 0 Å². The Morgan fingerprint density at radius 2 is 1.76 bits per heavy atom. The zero-order valence-electron chi connectivity index (χ0n) is 26.6. The van der Waals surface area contributed by atoms with E-state index in [2.05, 4.69) is 10.6 Å². The number of aliphatic hydroxyl groups excluding tert-OH is 1. The molecule has 2 bridgehead atoms. The van der Waals surface area contributed by atoms with E-state index < -0.39 is 53.7 Å². The van der Waals surface area contributed by atoms with Gasteiger partial charge in [0.2, 0.25) is 17.6 Å². The van der Waals surface area contributed by atoms with Gasteiger partial charge in [0.15, 0.2) is 5.78 Å². The second kappa shape index (κ2) is 17.6. The molecule has 45 heavy (non-hydrogen) atoms. The third kappa shape index (κ3) is 10.9. The predicted octanol–water partition coefficient (Wildman–Crippen LogP) is 3.87. The fourth-order valence-electron chi connectivity index (χ4n) is 5.51. The number of aliphatic hydroxyl groups is 1. The second-order valence-corrected chi connectivity index (χ2v) is 11.9. The van der Waals surface area contributed by atoms with Crippen molar-refractivity contribution < 1.29 is 38.6 Å². The average molecular weight is 623 g/mol. The monoisotopic (exact) mass is 622 g/mol. The van der Waals surface area contributed by atoms with E-state index in [0.717, 1.165) is 38.2 Å². The minimum Gasteiger partial charge on any atom is -0.460 e. The van der Waals surface area contributed by atoms with Gasteiger partial charge in [0.25, 0.3) is 0 Å². The van der Waals surface area contributed by atoms with Crippen LogP contribution in [0.25, 0.3) is 0 Å². The highest BCUT2D eigenvalue weighted by molar-refractivity contribution is 6.21. The Kier molecular flexibility index (Phi) is 13.9. The van der Waals surface area contributed by atoms with Gasteiger partial charge in [-0.2, -0.15) is 0 Å². The van der Waals surface area contributed by atoms with Gasteiger partial charge in [-0.05, 0) is 44.8 Å². The number of amides is 2. The molecule has 10 nitrogen and oxygen atoms in total. The fraction of sp³-hybridized carbons (Fsp3) is 0.514. The Morgan fingerprint density at radius 1 is 1.04 bits per heavy atom. The van der Waals surface area contributed by atoms with Gasteiger partial charge in [-0.1, -0.05) is 68.7 Å². The summed E-state index contributed by atoms with van der Waals surface area (Å²) in [5.74, 6) is -2.78. The molecule has 2 aliphatic carbocycles. The number of esters is 1. The number of carbonyl (C=O) groups excluding carboxylic acids is 5. The van der Waals surface area contributed by atoms with Gasteiger partial charge in [0.05, 0.1) is 24.3 Å². The molecule has 1 fully saturated rings. The molecule has 3 rings (SSSR count). The Balaban J connectivity index is 1.82. The molecule has 0 aromatic rings. The lowest BCUT2D eigenvalue weighted by Gasteiger charge is -2.29. The number of hydrogen-bond donors (Lipinski definition) is 3. The normalized spacial score (nSPS) is 29.9. The first-order valence-corrected chi connectivity index (χ1v) is 15.7. The topological polar surface area (TPSA) is 148 Å². The number of Topliss-reactive ketones (excluding diaryl/α,β-unsaturated/α-hetero) is 1. The van der Waals surface area contributed by atoms with Crippen molar-refractivity contribution in [1.82, 2.24) is 10.6 Å². The summed E-state index contributed by atoms with van der Waals surface area (Å²) in [6.45, 7) is 5.06. The molecule has 10 heteroatoms. The number of ether oxygens (including phenoxy) is 2. The van der Waals surface area contributed by atoms with Crippen LogP contribution in [-0.2, 0) is 33.4 Å². The van der Waals surface area contributed by atoms with E-state index in [1.54, 1.807) is 57.2 Å². The summed E-state index contributed by atoms with van der Waals surface area (Å²) in [4.78, 5) is 63.9. The number of ketones is 2. The molecular formula is C35H46N2O8. The third-order valence-electron chi connectivity index (χ3n) is 8.42. The smallest absolute Gasteiger partial charge is 0.328 e. The molecule has 2 amide bonds. The summed E-state index contributed by atoms with van der Waals surface area (Å²) < 4.78 is 11.2. The van der Waals surface area contributed by atoms with Crippen molar-refractivity contribution in [3.63, 3.8) is 0 Å². The standard InChI is InChI=1S/C35H46N2O8/c1-22-17-18-26-19-27(38)20-29(33(26)41)37-31(39)21-28(44-4)15-11-6-5-7-12-16-30(23(2)32(22)40)45-35(43)24(3)36-34(42)25-13-9-8-10-14-25/h5-7,11-12,15,17,19-20,23-25,28,30,32,40H,8-10,13-14,16,18,21H2,1-4H3,(H,36,42)(H,37,39)/b6-5+,12-7+,15-11+,22-17-/t23-,24-,28-,30-,32-/m0/s1. The molecule has 0 spiro atoms. The van der Waals surface area contributed by atoms with E-state index in [1.807, 2.05) is 6.08 Å². The molecule has 244 valence electrons. The van der Waals surface area contributed by atoms with Crippen LogP contribution in [0.4, 0.5) is 0 Å². The molecule has 1 heterocycles. The minimum absolute atomic E-state index is 0.0518. The van der Waals surface area contributed by atoms with Crippen LogP contribution in [0.15, 0.2) is 71.5 Å². The maximum Gasteiger partial charge on any atom is 0.328 e. The van der Waals surface area contributed by atoms with Crippen LogP contribution in [0.1, 0.15) is 72.1 Å². The van der Waals surface area contributed by atoms with Crippen LogP contribution in [0, 0.1) is 11.8 Å². The van der Waals surface area contributed by atoms with Crippen molar-refractivity contribution in [3.8, 4) is 0 Å². The first-order valence-electron chi connectivity index (χ1n) is 15.7. The highest BCUT2D eigenvalue weighted by Gasteiger charge is 2.31. The largest absolute Gasteiger partial charge is 0.460 e. The van der Waals surface area contributed by atoms with Crippen LogP contribution in [0.2, 0.25) is 0 Å². The SMILES string of the molecule is CO[C@H]1/C=C/C=C/C=C/C[C@H](OC(=O)[C@H](C)NC(=O)C2CCCCC2)[C@H](C)[C@@H](O)/C(C)=C\CC2=CC(=O)C=C(NC(=O)C1)C2=O. The van der Waals surface area contributed by atoms with Crippen molar-refractivity contribution >= 4 is 29.4 Å². The Morgan fingerprint density at radius 3 is 2.47 bits per heavy atom. The third-order valence-corrected chi connectivity index (χ3v) is 8.42. The van der Waals surface area contributed by atoms with Crippen LogP contribution in [0.3, 0.4) is 0 Å².